The first-order valence-electron chi connectivity index (χ1n) is 7.01. The van der Waals surface area contributed by atoms with E-state index in [1.54, 1.807) is 0 Å². The molecular formula is C15H21ClN4. The van der Waals surface area contributed by atoms with Gasteiger partial charge in [-0.25, -0.2) is 4.68 Å². The molecule has 0 aliphatic rings. The summed E-state index contributed by atoms with van der Waals surface area (Å²) in [4.78, 5) is 0. The van der Waals surface area contributed by atoms with Crippen molar-refractivity contribution in [1.29, 1.82) is 0 Å². The molecule has 1 atom stereocenters. The number of para-hydroxylation sites is 1. The Kier molecular flexibility index (Phi) is 4.78. The number of halogens is 1. The summed E-state index contributed by atoms with van der Waals surface area (Å²) in [7, 11) is 1.95. The number of nitrogens with zero attached hydrogens (tertiary/aromatic N) is 3. The fourth-order valence-corrected chi connectivity index (χ4v) is 2.82. The van der Waals surface area contributed by atoms with Crippen molar-refractivity contribution in [2.24, 2.45) is 0 Å². The molecule has 5 heteroatoms. The highest BCUT2D eigenvalue weighted by Gasteiger charge is 2.20. The van der Waals surface area contributed by atoms with E-state index in [1.165, 1.54) is 0 Å². The third kappa shape index (κ3) is 2.58. The van der Waals surface area contributed by atoms with Crippen LogP contribution < -0.4 is 5.32 Å². The molecule has 2 rings (SSSR count). The molecule has 0 saturated heterocycles. The van der Waals surface area contributed by atoms with Gasteiger partial charge in [0, 0.05) is 0 Å². The Bertz CT molecular complexity index is 567. The van der Waals surface area contributed by atoms with E-state index in [9.17, 15) is 0 Å². The predicted molar refractivity (Wildman–Crippen MR) is 82.6 cm³/mol. The maximum Gasteiger partial charge on any atom is 0.103 e. The zero-order valence-electron chi connectivity index (χ0n) is 12.4. The van der Waals surface area contributed by atoms with Crippen molar-refractivity contribution in [3.8, 4) is 5.69 Å². The van der Waals surface area contributed by atoms with Crippen LogP contribution in [0.25, 0.3) is 5.69 Å². The number of hydrogen-bond acceptors (Lipinski definition) is 3. The molecule has 0 bridgehead atoms. The molecule has 0 spiro atoms. The molecule has 1 heterocycles. The molecule has 0 aliphatic heterocycles. The first kappa shape index (κ1) is 15.0. The molecule has 20 heavy (non-hydrogen) atoms. The van der Waals surface area contributed by atoms with Gasteiger partial charge in [-0.1, -0.05) is 42.8 Å². The van der Waals surface area contributed by atoms with Gasteiger partial charge in [-0.15, -0.1) is 5.10 Å². The fraction of sp³-hybridized carbons (Fsp3) is 0.467. The Labute approximate surface area is 125 Å². The number of benzene rings is 1. The molecule has 0 saturated carbocycles. The van der Waals surface area contributed by atoms with E-state index < -0.39 is 0 Å². The summed E-state index contributed by atoms with van der Waals surface area (Å²) in [6.07, 6.45) is 1.84. The van der Waals surface area contributed by atoms with Gasteiger partial charge in [0.15, 0.2) is 0 Å². The summed E-state index contributed by atoms with van der Waals surface area (Å²) in [6, 6.07) is 6.10. The lowest BCUT2D eigenvalue weighted by molar-refractivity contribution is 0.555. The van der Waals surface area contributed by atoms with Crippen LogP contribution in [0, 0.1) is 6.92 Å². The van der Waals surface area contributed by atoms with E-state index in [0.717, 1.165) is 35.5 Å². The monoisotopic (exact) mass is 292 g/mol. The number of nitrogens with one attached hydrogen (secondary N) is 1. The van der Waals surface area contributed by atoms with Crippen molar-refractivity contribution in [2.45, 2.75) is 39.7 Å². The van der Waals surface area contributed by atoms with Crippen molar-refractivity contribution in [3.05, 3.63) is 40.2 Å². The topological polar surface area (TPSA) is 42.7 Å². The van der Waals surface area contributed by atoms with E-state index in [0.29, 0.717) is 5.02 Å². The maximum atomic E-state index is 6.35. The predicted octanol–water partition coefficient (Wildman–Crippen LogP) is 3.46. The van der Waals surface area contributed by atoms with E-state index in [1.807, 2.05) is 36.9 Å². The summed E-state index contributed by atoms with van der Waals surface area (Å²) in [5.41, 5.74) is 4.15. The lowest BCUT2D eigenvalue weighted by atomic mass is 10.1. The third-order valence-corrected chi connectivity index (χ3v) is 3.92. The second-order valence-corrected chi connectivity index (χ2v) is 5.25. The van der Waals surface area contributed by atoms with E-state index in [-0.39, 0.29) is 6.04 Å². The van der Waals surface area contributed by atoms with Gasteiger partial charge in [0.1, 0.15) is 5.69 Å². The molecule has 108 valence electrons. The zero-order valence-corrected chi connectivity index (χ0v) is 13.2. The average molecular weight is 293 g/mol. The molecule has 1 unspecified atom stereocenters. The molecule has 1 aromatic carbocycles. The van der Waals surface area contributed by atoms with Crippen molar-refractivity contribution in [3.63, 3.8) is 0 Å². The first-order valence-corrected chi connectivity index (χ1v) is 7.39. The van der Waals surface area contributed by atoms with Crippen molar-refractivity contribution < 1.29 is 0 Å². The molecule has 1 N–H and O–H groups in total. The molecule has 4 nitrogen and oxygen atoms in total. The third-order valence-electron chi connectivity index (χ3n) is 3.62. The lowest BCUT2D eigenvalue weighted by Crippen LogP contribution is -2.17. The quantitative estimate of drug-likeness (QED) is 0.918. The minimum Gasteiger partial charge on any atom is -0.312 e. The molecule has 0 amide bonds. The van der Waals surface area contributed by atoms with Crippen LogP contribution in [0.3, 0.4) is 0 Å². The summed E-state index contributed by atoms with van der Waals surface area (Å²) in [5.74, 6) is 0. The Morgan fingerprint density at radius 2 is 2.10 bits per heavy atom. The Morgan fingerprint density at radius 1 is 1.35 bits per heavy atom. The number of rotatable bonds is 5. The highest BCUT2D eigenvalue weighted by molar-refractivity contribution is 6.32. The average Bonchev–Trinajstić information content (AvgIpc) is 2.84. The van der Waals surface area contributed by atoms with E-state index in [2.05, 4.69) is 29.5 Å². The molecule has 2 aromatic rings. The van der Waals surface area contributed by atoms with Crippen LogP contribution in [-0.4, -0.2) is 22.0 Å². The molecule has 0 radical (unpaired) electrons. The summed E-state index contributed by atoms with van der Waals surface area (Å²) < 4.78 is 1.88. The zero-order chi connectivity index (χ0) is 14.7. The van der Waals surface area contributed by atoms with Gasteiger partial charge >= 0.3 is 0 Å². The Morgan fingerprint density at radius 3 is 2.65 bits per heavy atom. The van der Waals surface area contributed by atoms with Crippen molar-refractivity contribution in [1.82, 2.24) is 20.3 Å². The highest BCUT2D eigenvalue weighted by atomic mass is 35.5. The van der Waals surface area contributed by atoms with Crippen LogP contribution >= 0.6 is 11.6 Å². The van der Waals surface area contributed by atoms with Crippen molar-refractivity contribution >= 4 is 11.6 Å². The lowest BCUT2D eigenvalue weighted by Gasteiger charge is -2.14. The maximum absolute atomic E-state index is 6.35. The van der Waals surface area contributed by atoms with E-state index >= 15 is 0 Å². The fourth-order valence-electron chi connectivity index (χ4n) is 2.52. The minimum absolute atomic E-state index is 0.224. The summed E-state index contributed by atoms with van der Waals surface area (Å²) >= 11 is 6.35. The second kappa shape index (κ2) is 6.37. The van der Waals surface area contributed by atoms with Gasteiger partial charge in [-0.05, 0) is 38.4 Å². The van der Waals surface area contributed by atoms with Crippen LogP contribution in [0.15, 0.2) is 18.2 Å². The minimum atomic E-state index is 0.224. The highest BCUT2D eigenvalue weighted by Crippen LogP contribution is 2.27. The van der Waals surface area contributed by atoms with Crippen LogP contribution in [0.5, 0.6) is 0 Å². The van der Waals surface area contributed by atoms with Crippen LogP contribution in [-0.2, 0) is 6.42 Å². The molecule has 0 fully saturated rings. The number of aryl methyl sites for hydroxylation is 1. The van der Waals surface area contributed by atoms with Crippen LogP contribution in [0.4, 0.5) is 0 Å². The Balaban J connectivity index is 2.59. The normalized spacial score (nSPS) is 12.7. The number of hydrogen-bond donors (Lipinski definition) is 1. The van der Waals surface area contributed by atoms with Gasteiger partial charge in [-0.3, -0.25) is 0 Å². The Hall–Kier alpha value is -1.39. The van der Waals surface area contributed by atoms with Gasteiger partial charge in [-0.2, -0.15) is 0 Å². The number of aromatic nitrogens is 3. The summed E-state index contributed by atoms with van der Waals surface area (Å²) in [5, 5.41) is 12.7. The molecule has 0 aliphatic carbocycles. The standard InChI is InChI=1S/C15H21ClN4/c1-5-12(17-4)14-13(6-2)20(19-18-14)15-10(3)8-7-9-11(15)16/h7-9,12,17H,5-6H2,1-4H3. The van der Waals surface area contributed by atoms with Gasteiger partial charge in [0.25, 0.3) is 0 Å². The van der Waals surface area contributed by atoms with Crippen molar-refractivity contribution in [2.75, 3.05) is 7.05 Å². The SMILES string of the molecule is CCc1c(C(CC)NC)nnn1-c1c(C)cccc1Cl. The van der Waals surface area contributed by atoms with Crippen LogP contribution in [0.1, 0.15) is 43.3 Å². The van der Waals surface area contributed by atoms with E-state index in [4.69, 9.17) is 11.6 Å². The summed E-state index contributed by atoms with van der Waals surface area (Å²) in [6.45, 7) is 6.30. The smallest absolute Gasteiger partial charge is 0.103 e. The van der Waals surface area contributed by atoms with Gasteiger partial charge in [0.2, 0.25) is 0 Å². The second-order valence-electron chi connectivity index (χ2n) is 4.84. The van der Waals surface area contributed by atoms with Crippen LogP contribution in [0.2, 0.25) is 5.02 Å². The van der Waals surface area contributed by atoms with Gasteiger partial charge in [0.05, 0.1) is 22.4 Å². The molecule has 1 aromatic heterocycles. The first-order chi connectivity index (χ1) is 9.63. The molecular weight excluding hydrogens is 272 g/mol. The largest absolute Gasteiger partial charge is 0.312 e. The van der Waals surface area contributed by atoms with Gasteiger partial charge < -0.3 is 5.32 Å².